The van der Waals surface area contributed by atoms with Crippen LogP contribution in [0.5, 0.6) is 0 Å². The molecule has 3 rings (SSSR count). The molecule has 1 amide bonds. The van der Waals surface area contributed by atoms with Gasteiger partial charge in [-0.25, -0.2) is 8.42 Å². The summed E-state index contributed by atoms with van der Waals surface area (Å²) < 4.78 is 28.4. The van der Waals surface area contributed by atoms with Gasteiger partial charge in [0, 0.05) is 30.6 Å². The van der Waals surface area contributed by atoms with Crippen molar-refractivity contribution in [2.75, 3.05) is 20.1 Å². The number of carbonyl (C=O) groups excluding carboxylic acids is 1. The van der Waals surface area contributed by atoms with Crippen molar-refractivity contribution in [2.24, 2.45) is 11.8 Å². The molecule has 0 unspecified atom stereocenters. The monoisotopic (exact) mass is 440 g/mol. The van der Waals surface area contributed by atoms with Crippen molar-refractivity contribution in [3.63, 3.8) is 0 Å². The third-order valence-electron chi connectivity index (χ3n) is 4.92. The second-order valence-electron chi connectivity index (χ2n) is 7.66. The molecule has 0 radical (unpaired) electrons. The van der Waals surface area contributed by atoms with Gasteiger partial charge in [-0.3, -0.25) is 4.79 Å². The number of halogens is 1. The third-order valence-corrected chi connectivity index (χ3v) is 7.97. The van der Waals surface area contributed by atoms with Crippen LogP contribution in [-0.2, 0) is 16.6 Å². The van der Waals surface area contributed by atoms with Gasteiger partial charge in [0.25, 0.3) is 5.91 Å². The first-order chi connectivity index (χ1) is 13.2. The fraction of sp³-hybridized carbons (Fsp3) is 0.450. The van der Waals surface area contributed by atoms with E-state index in [9.17, 15) is 13.2 Å². The van der Waals surface area contributed by atoms with Gasteiger partial charge in [0.05, 0.1) is 15.8 Å². The highest BCUT2D eigenvalue weighted by Crippen LogP contribution is 2.27. The van der Waals surface area contributed by atoms with Crippen molar-refractivity contribution in [1.29, 1.82) is 0 Å². The maximum Gasteiger partial charge on any atom is 0.253 e. The van der Waals surface area contributed by atoms with Gasteiger partial charge in [0.2, 0.25) is 10.0 Å². The Kier molecular flexibility index (Phi) is 6.49. The first kappa shape index (κ1) is 21.3. The van der Waals surface area contributed by atoms with E-state index < -0.39 is 10.0 Å². The number of benzene rings is 1. The molecule has 28 heavy (non-hydrogen) atoms. The van der Waals surface area contributed by atoms with E-state index in [0.29, 0.717) is 41.4 Å². The quantitative estimate of drug-likeness (QED) is 0.694. The molecule has 0 aliphatic carbocycles. The van der Waals surface area contributed by atoms with Gasteiger partial charge in [0.15, 0.2) is 0 Å². The number of carbonyl (C=O) groups is 1. The minimum absolute atomic E-state index is 0.173. The number of piperidine rings is 1. The summed E-state index contributed by atoms with van der Waals surface area (Å²) >= 11 is 7.37. The van der Waals surface area contributed by atoms with Crippen LogP contribution < -0.4 is 0 Å². The maximum absolute atomic E-state index is 13.1. The lowest BCUT2D eigenvalue weighted by Gasteiger charge is -2.34. The minimum Gasteiger partial charge on any atom is -0.337 e. The second kappa shape index (κ2) is 8.53. The molecule has 152 valence electrons. The van der Waals surface area contributed by atoms with Gasteiger partial charge >= 0.3 is 0 Å². The summed E-state index contributed by atoms with van der Waals surface area (Å²) in [6, 6.07) is 10.0. The molecule has 1 aromatic carbocycles. The Morgan fingerprint density at radius 2 is 1.89 bits per heavy atom. The summed E-state index contributed by atoms with van der Waals surface area (Å²) in [5.41, 5.74) is 0.365. The van der Waals surface area contributed by atoms with E-state index in [1.54, 1.807) is 40.5 Å². The molecule has 1 aliphatic heterocycles. The predicted molar refractivity (Wildman–Crippen MR) is 113 cm³/mol. The van der Waals surface area contributed by atoms with E-state index in [0.717, 1.165) is 11.3 Å². The fourth-order valence-electron chi connectivity index (χ4n) is 3.70. The largest absolute Gasteiger partial charge is 0.337 e. The molecule has 0 bridgehead atoms. The van der Waals surface area contributed by atoms with Crippen LogP contribution >= 0.6 is 22.9 Å². The molecule has 1 saturated heterocycles. The Morgan fingerprint density at radius 1 is 1.21 bits per heavy atom. The molecule has 0 spiro atoms. The van der Waals surface area contributed by atoms with E-state index in [4.69, 9.17) is 11.6 Å². The highest BCUT2D eigenvalue weighted by molar-refractivity contribution is 7.89. The molecular formula is C20H25ClN2O3S2. The van der Waals surface area contributed by atoms with Crippen molar-refractivity contribution < 1.29 is 13.2 Å². The van der Waals surface area contributed by atoms with Gasteiger partial charge in [0.1, 0.15) is 0 Å². The molecule has 1 fully saturated rings. The third kappa shape index (κ3) is 4.76. The maximum atomic E-state index is 13.1. The summed E-state index contributed by atoms with van der Waals surface area (Å²) in [6.07, 6.45) is 1.03. The molecule has 8 heteroatoms. The average molecular weight is 441 g/mol. The summed E-state index contributed by atoms with van der Waals surface area (Å²) in [6.45, 7) is 5.61. The summed E-state index contributed by atoms with van der Waals surface area (Å²) in [5, 5.41) is 0. The van der Waals surface area contributed by atoms with Gasteiger partial charge in [-0.2, -0.15) is 4.31 Å². The lowest BCUT2D eigenvalue weighted by molar-refractivity contribution is 0.0786. The first-order valence-electron chi connectivity index (χ1n) is 9.26. The van der Waals surface area contributed by atoms with Crippen LogP contribution in [0.25, 0.3) is 0 Å². The summed E-state index contributed by atoms with van der Waals surface area (Å²) in [7, 11) is -1.92. The Bertz CT molecular complexity index is 948. The highest BCUT2D eigenvalue weighted by Gasteiger charge is 2.32. The number of amides is 1. The van der Waals surface area contributed by atoms with Gasteiger partial charge in [-0.05, 0) is 48.6 Å². The van der Waals surface area contributed by atoms with E-state index in [1.165, 1.54) is 17.4 Å². The molecule has 0 N–H and O–H groups in total. The van der Waals surface area contributed by atoms with Crippen LogP contribution in [-0.4, -0.2) is 43.7 Å². The molecule has 5 nitrogen and oxygen atoms in total. The number of nitrogens with zero attached hydrogens (tertiary/aromatic N) is 2. The molecule has 0 saturated carbocycles. The zero-order valence-electron chi connectivity index (χ0n) is 16.3. The smallest absolute Gasteiger partial charge is 0.253 e. The summed E-state index contributed by atoms with van der Waals surface area (Å²) in [5.74, 6) is 0.432. The van der Waals surface area contributed by atoms with Crippen molar-refractivity contribution in [1.82, 2.24) is 9.21 Å². The van der Waals surface area contributed by atoms with E-state index >= 15 is 0 Å². The SMILES string of the molecule is C[C@@H]1C[C@H](C)CN(S(=O)(=O)c2cccc(C(=O)N(C)Cc3ccc(Cl)s3)c2)C1. The van der Waals surface area contributed by atoms with Crippen LogP contribution in [0.2, 0.25) is 4.34 Å². The molecule has 1 aromatic heterocycles. The number of rotatable bonds is 5. The van der Waals surface area contributed by atoms with Crippen molar-refractivity contribution in [3.8, 4) is 0 Å². The number of hydrogen-bond donors (Lipinski definition) is 0. The number of sulfonamides is 1. The Balaban J connectivity index is 1.80. The highest BCUT2D eigenvalue weighted by atomic mass is 35.5. The van der Waals surface area contributed by atoms with E-state index in [1.807, 2.05) is 6.07 Å². The molecule has 2 aromatic rings. The topological polar surface area (TPSA) is 57.7 Å². The van der Waals surface area contributed by atoms with Gasteiger partial charge in [-0.1, -0.05) is 31.5 Å². The normalized spacial score (nSPS) is 20.9. The summed E-state index contributed by atoms with van der Waals surface area (Å²) in [4.78, 5) is 15.5. The second-order valence-corrected chi connectivity index (χ2v) is 11.4. The van der Waals surface area contributed by atoms with Crippen molar-refractivity contribution in [3.05, 3.63) is 51.2 Å². The lowest BCUT2D eigenvalue weighted by atomic mass is 9.94. The van der Waals surface area contributed by atoms with E-state index in [2.05, 4.69) is 13.8 Å². The molecule has 1 aliphatic rings. The van der Waals surface area contributed by atoms with Crippen LogP contribution in [0.15, 0.2) is 41.3 Å². The van der Waals surface area contributed by atoms with Crippen LogP contribution in [0.4, 0.5) is 0 Å². The molecular weight excluding hydrogens is 416 g/mol. The zero-order chi connectivity index (χ0) is 20.5. The molecule has 2 atom stereocenters. The standard InChI is InChI=1S/C20H25ClN2O3S2/c1-14-9-15(2)12-23(11-14)28(25,26)18-6-4-5-16(10-18)20(24)22(3)13-17-7-8-19(21)27-17/h4-8,10,14-15H,9,11-13H2,1-3H3/t14-,15+. The first-order valence-corrected chi connectivity index (χ1v) is 11.9. The lowest BCUT2D eigenvalue weighted by Crippen LogP contribution is -2.42. The van der Waals surface area contributed by atoms with Crippen LogP contribution in [0.1, 0.15) is 35.5 Å². The van der Waals surface area contributed by atoms with Crippen molar-refractivity contribution in [2.45, 2.75) is 31.7 Å². The minimum atomic E-state index is -3.62. The van der Waals surface area contributed by atoms with Gasteiger partial charge < -0.3 is 4.90 Å². The van der Waals surface area contributed by atoms with Crippen molar-refractivity contribution >= 4 is 38.9 Å². The van der Waals surface area contributed by atoms with Gasteiger partial charge in [-0.15, -0.1) is 11.3 Å². The average Bonchev–Trinajstić information content (AvgIpc) is 3.05. The van der Waals surface area contributed by atoms with Crippen LogP contribution in [0, 0.1) is 11.8 Å². The fourth-order valence-corrected chi connectivity index (χ4v) is 6.57. The Morgan fingerprint density at radius 3 is 2.50 bits per heavy atom. The molecule has 2 heterocycles. The van der Waals surface area contributed by atoms with Crippen LogP contribution in [0.3, 0.4) is 0 Å². The Hall–Kier alpha value is -1.41. The Labute approximate surface area is 176 Å². The zero-order valence-corrected chi connectivity index (χ0v) is 18.6. The number of hydrogen-bond acceptors (Lipinski definition) is 4. The predicted octanol–water partition coefficient (Wildman–Crippen LogP) is 4.34. The number of thiophene rings is 1. The van der Waals surface area contributed by atoms with E-state index in [-0.39, 0.29) is 10.8 Å².